The van der Waals surface area contributed by atoms with Crippen LogP contribution in [-0.2, 0) is 11.3 Å². The number of hydrogen-bond acceptors (Lipinski definition) is 3. The number of carboxylic acid groups (broad SMARTS) is 1. The van der Waals surface area contributed by atoms with Crippen LogP contribution in [0, 0.1) is 5.82 Å². The quantitative estimate of drug-likeness (QED) is 0.784. The van der Waals surface area contributed by atoms with Gasteiger partial charge in [-0.05, 0) is 36.7 Å². The second-order valence-corrected chi connectivity index (χ2v) is 4.28. The van der Waals surface area contributed by atoms with Crippen molar-refractivity contribution in [1.82, 2.24) is 10.3 Å². The van der Waals surface area contributed by atoms with Crippen LogP contribution in [0.3, 0.4) is 0 Å². The number of carboxylic acids is 1. The number of aromatic nitrogens is 1. The molecule has 0 saturated carbocycles. The second-order valence-electron chi connectivity index (χ2n) is 4.28. The summed E-state index contributed by atoms with van der Waals surface area (Å²) in [5, 5.41) is 12.2. The molecule has 2 rings (SSSR count). The Kier molecular flexibility index (Phi) is 4.41. The third kappa shape index (κ3) is 3.48. The largest absolute Gasteiger partial charge is 0.481 e. The van der Waals surface area contributed by atoms with Crippen molar-refractivity contribution in [3.05, 3.63) is 41.8 Å². The molecule has 0 aliphatic heterocycles. The summed E-state index contributed by atoms with van der Waals surface area (Å²) in [4.78, 5) is 14.6. The Morgan fingerprint density at radius 1 is 1.37 bits per heavy atom. The van der Waals surface area contributed by atoms with Crippen LogP contribution in [0.1, 0.15) is 18.4 Å². The number of fused-ring (bicyclic) bond motifs is 1. The monoisotopic (exact) mass is 262 g/mol. The molecule has 2 aromatic rings. The minimum absolute atomic E-state index is 0.148. The molecule has 0 atom stereocenters. The summed E-state index contributed by atoms with van der Waals surface area (Å²) in [6.45, 7) is 1.16. The molecule has 0 aliphatic carbocycles. The van der Waals surface area contributed by atoms with Crippen LogP contribution in [0.4, 0.5) is 4.39 Å². The molecule has 1 heterocycles. The molecule has 0 spiro atoms. The van der Waals surface area contributed by atoms with Crippen molar-refractivity contribution >= 4 is 16.9 Å². The van der Waals surface area contributed by atoms with Gasteiger partial charge in [0.25, 0.3) is 0 Å². The molecule has 2 N–H and O–H groups in total. The zero-order valence-corrected chi connectivity index (χ0v) is 10.4. The van der Waals surface area contributed by atoms with Crippen molar-refractivity contribution in [2.24, 2.45) is 0 Å². The van der Waals surface area contributed by atoms with Gasteiger partial charge in [0.15, 0.2) is 0 Å². The van der Waals surface area contributed by atoms with E-state index >= 15 is 0 Å². The Bertz CT molecular complexity index is 587. The minimum atomic E-state index is -0.796. The molecule has 4 nitrogen and oxygen atoms in total. The maximum absolute atomic E-state index is 13.6. The van der Waals surface area contributed by atoms with E-state index in [1.807, 2.05) is 0 Å². The molecule has 0 fully saturated rings. The summed E-state index contributed by atoms with van der Waals surface area (Å²) in [5.41, 5.74) is 1.56. The molecule has 0 saturated heterocycles. The predicted molar refractivity (Wildman–Crippen MR) is 70.3 cm³/mol. The number of rotatable bonds is 6. The first-order valence-corrected chi connectivity index (χ1v) is 6.13. The topological polar surface area (TPSA) is 62.2 Å². The van der Waals surface area contributed by atoms with Crippen LogP contribution in [0.25, 0.3) is 10.9 Å². The van der Waals surface area contributed by atoms with Crippen LogP contribution in [-0.4, -0.2) is 22.6 Å². The molecule has 1 aromatic heterocycles. The van der Waals surface area contributed by atoms with Gasteiger partial charge < -0.3 is 10.4 Å². The fourth-order valence-electron chi connectivity index (χ4n) is 1.93. The minimum Gasteiger partial charge on any atom is -0.481 e. The van der Waals surface area contributed by atoms with E-state index in [-0.39, 0.29) is 12.2 Å². The number of pyridine rings is 1. The first-order chi connectivity index (χ1) is 9.18. The van der Waals surface area contributed by atoms with E-state index in [2.05, 4.69) is 10.3 Å². The molecular formula is C14H15FN2O2. The average Bonchev–Trinajstić information content (AvgIpc) is 2.41. The van der Waals surface area contributed by atoms with Gasteiger partial charge >= 0.3 is 5.97 Å². The van der Waals surface area contributed by atoms with Crippen molar-refractivity contribution in [2.75, 3.05) is 6.54 Å². The molecule has 0 aliphatic rings. The summed E-state index contributed by atoms with van der Waals surface area (Å²) < 4.78 is 13.6. The van der Waals surface area contributed by atoms with Crippen LogP contribution in [0.2, 0.25) is 0 Å². The maximum atomic E-state index is 13.6. The number of nitrogens with zero attached hydrogens (tertiary/aromatic N) is 1. The summed E-state index contributed by atoms with van der Waals surface area (Å²) in [5.74, 6) is -1.08. The molecule has 0 radical (unpaired) electrons. The maximum Gasteiger partial charge on any atom is 0.303 e. The Morgan fingerprint density at radius 3 is 3.00 bits per heavy atom. The predicted octanol–water partition coefficient (Wildman–Crippen LogP) is 2.33. The highest BCUT2D eigenvalue weighted by molar-refractivity contribution is 5.82. The van der Waals surface area contributed by atoms with Crippen molar-refractivity contribution < 1.29 is 14.3 Å². The summed E-state index contributed by atoms with van der Waals surface area (Å²) in [7, 11) is 0. The van der Waals surface area contributed by atoms with E-state index in [1.54, 1.807) is 24.4 Å². The van der Waals surface area contributed by atoms with Crippen molar-refractivity contribution in [1.29, 1.82) is 0 Å². The van der Waals surface area contributed by atoms with E-state index in [0.717, 1.165) is 5.56 Å². The van der Waals surface area contributed by atoms with Gasteiger partial charge in [0.1, 0.15) is 5.82 Å². The standard InChI is InChI=1S/C14H15FN2O2/c15-12-6-5-10(9-16-7-2-4-13(18)19)14-11(12)3-1-8-17-14/h1,3,5-6,8,16H,2,4,7,9H2,(H,18,19). The number of carbonyl (C=O) groups is 1. The van der Waals surface area contributed by atoms with E-state index in [4.69, 9.17) is 5.11 Å². The summed E-state index contributed by atoms with van der Waals surface area (Å²) >= 11 is 0. The van der Waals surface area contributed by atoms with Gasteiger partial charge in [0.05, 0.1) is 5.52 Å². The van der Waals surface area contributed by atoms with E-state index in [0.29, 0.717) is 30.4 Å². The molecular weight excluding hydrogens is 247 g/mol. The van der Waals surface area contributed by atoms with E-state index in [9.17, 15) is 9.18 Å². The van der Waals surface area contributed by atoms with Gasteiger partial charge in [-0.3, -0.25) is 9.78 Å². The SMILES string of the molecule is O=C(O)CCCNCc1ccc(F)c2cccnc12. The highest BCUT2D eigenvalue weighted by atomic mass is 19.1. The van der Waals surface area contributed by atoms with Gasteiger partial charge in [-0.15, -0.1) is 0 Å². The normalized spacial score (nSPS) is 10.8. The summed E-state index contributed by atoms with van der Waals surface area (Å²) in [6.07, 6.45) is 2.35. The fraction of sp³-hybridized carbons (Fsp3) is 0.286. The van der Waals surface area contributed by atoms with Crippen molar-refractivity contribution in [3.8, 4) is 0 Å². The third-order valence-electron chi connectivity index (χ3n) is 2.86. The Balaban J connectivity index is 2.01. The van der Waals surface area contributed by atoms with Crippen LogP contribution < -0.4 is 5.32 Å². The zero-order chi connectivity index (χ0) is 13.7. The van der Waals surface area contributed by atoms with Gasteiger partial charge in [-0.1, -0.05) is 6.07 Å². The molecule has 100 valence electrons. The lowest BCUT2D eigenvalue weighted by molar-refractivity contribution is -0.137. The number of hydrogen-bond donors (Lipinski definition) is 2. The molecule has 0 amide bonds. The van der Waals surface area contributed by atoms with Gasteiger partial charge in [0.2, 0.25) is 0 Å². The molecule has 0 bridgehead atoms. The first kappa shape index (κ1) is 13.4. The van der Waals surface area contributed by atoms with Crippen molar-refractivity contribution in [2.45, 2.75) is 19.4 Å². The van der Waals surface area contributed by atoms with E-state index in [1.165, 1.54) is 6.07 Å². The highest BCUT2D eigenvalue weighted by Crippen LogP contribution is 2.19. The number of nitrogens with one attached hydrogen (secondary N) is 1. The average molecular weight is 262 g/mol. The molecule has 19 heavy (non-hydrogen) atoms. The van der Waals surface area contributed by atoms with Crippen LogP contribution in [0.15, 0.2) is 30.5 Å². The Morgan fingerprint density at radius 2 is 2.21 bits per heavy atom. The van der Waals surface area contributed by atoms with Gasteiger partial charge in [-0.2, -0.15) is 0 Å². The molecule has 0 unspecified atom stereocenters. The number of halogens is 1. The number of benzene rings is 1. The first-order valence-electron chi connectivity index (χ1n) is 6.13. The lowest BCUT2D eigenvalue weighted by Gasteiger charge is -2.07. The highest BCUT2D eigenvalue weighted by Gasteiger charge is 2.06. The Labute approximate surface area is 110 Å². The van der Waals surface area contributed by atoms with Crippen LogP contribution in [0.5, 0.6) is 0 Å². The smallest absolute Gasteiger partial charge is 0.303 e. The Hall–Kier alpha value is -2.01. The fourth-order valence-corrected chi connectivity index (χ4v) is 1.93. The van der Waals surface area contributed by atoms with Crippen LogP contribution >= 0.6 is 0 Å². The van der Waals surface area contributed by atoms with Gasteiger partial charge in [-0.25, -0.2) is 4.39 Å². The lowest BCUT2D eigenvalue weighted by atomic mass is 10.1. The molecule has 1 aromatic carbocycles. The lowest BCUT2D eigenvalue weighted by Crippen LogP contribution is -2.16. The van der Waals surface area contributed by atoms with Crippen molar-refractivity contribution in [3.63, 3.8) is 0 Å². The van der Waals surface area contributed by atoms with E-state index < -0.39 is 5.97 Å². The zero-order valence-electron chi connectivity index (χ0n) is 10.4. The van der Waals surface area contributed by atoms with Gasteiger partial charge in [0, 0.05) is 24.5 Å². The molecule has 5 heteroatoms. The summed E-state index contributed by atoms with van der Waals surface area (Å²) in [6, 6.07) is 6.54. The number of aliphatic carboxylic acids is 1. The second kappa shape index (κ2) is 6.24. The third-order valence-corrected chi connectivity index (χ3v) is 2.86.